The molecular formula is C14H26N2OS. The van der Waals surface area contributed by atoms with Crippen LogP contribution in [-0.4, -0.2) is 28.9 Å². The highest BCUT2D eigenvalue weighted by Gasteiger charge is 2.36. The fourth-order valence-electron chi connectivity index (χ4n) is 2.56. The normalized spacial score (nSPS) is 22.0. The van der Waals surface area contributed by atoms with Gasteiger partial charge in [-0.25, -0.2) is 0 Å². The molecule has 0 saturated carbocycles. The molecule has 2 unspecified atom stereocenters. The Morgan fingerprint density at radius 2 is 2.11 bits per heavy atom. The maximum atomic E-state index is 12.4. The van der Waals surface area contributed by atoms with Crippen molar-refractivity contribution in [2.75, 3.05) is 13.1 Å². The first-order valence-corrected chi connectivity index (χ1v) is 7.26. The molecule has 104 valence electrons. The van der Waals surface area contributed by atoms with Crippen LogP contribution in [0.25, 0.3) is 0 Å². The SMILES string of the molecule is CCCC(C(=O)N1CCC(C(C)(C)C)C1)C(N)=S. The molecule has 3 nitrogen and oxygen atoms in total. The van der Waals surface area contributed by atoms with Crippen molar-refractivity contribution in [2.45, 2.75) is 47.0 Å². The lowest BCUT2D eigenvalue weighted by molar-refractivity contribution is -0.132. The van der Waals surface area contributed by atoms with Crippen LogP contribution in [0.4, 0.5) is 0 Å². The van der Waals surface area contributed by atoms with Crippen molar-refractivity contribution in [3.8, 4) is 0 Å². The van der Waals surface area contributed by atoms with E-state index in [1.165, 1.54) is 0 Å². The molecule has 1 saturated heterocycles. The number of carbonyl (C=O) groups excluding carboxylic acids is 1. The predicted molar refractivity (Wildman–Crippen MR) is 79.3 cm³/mol. The molecule has 0 aromatic heterocycles. The van der Waals surface area contributed by atoms with E-state index in [0.717, 1.165) is 32.4 Å². The number of rotatable bonds is 4. The van der Waals surface area contributed by atoms with Gasteiger partial charge in [0.1, 0.15) is 0 Å². The first-order valence-electron chi connectivity index (χ1n) is 6.85. The molecule has 4 heteroatoms. The number of likely N-dealkylation sites (tertiary alicyclic amines) is 1. The highest BCUT2D eigenvalue weighted by atomic mass is 32.1. The zero-order valence-electron chi connectivity index (χ0n) is 12.0. The van der Waals surface area contributed by atoms with Gasteiger partial charge in [-0.15, -0.1) is 0 Å². The van der Waals surface area contributed by atoms with E-state index in [4.69, 9.17) is 18.0 Å². The standard InChI is InChI=1S/C14H26N2OS/c1-5-6-11(12(15)18)13(17)16-8-7-10(9-16)14(2,3)4/h10-11H,5-9H2,1-4H3,(H2,15,18). The van der Waals surface area contributed by atoms with Crippen LogP contribution in [0.3, 0.4) is 0 Å². The summed E-state index contributed by atoms with van der Waals surface area (Å²) in [5, 5.41) is 0. The fourth-order valence-corrected chi connectivity index (χ4v) is 2.78. The van der Waals surface area contributed by atoms with E-state index in [0.29, 0.717) is 10.9 Å². The molecular weight excluding hydrogens is 244 g/mol. The highest BCUT2D eigenvalue weighted by molar-refractivity contribution is 7.80. The van der Waals surface area contributed by atoms with Crippen LogP contribution >= 0.6 is 12.2 Å². The summed E-state index contributed by atoms with van der Waals surface area (Å²) < 4.78 is 0. The van der Waals surface area contributed by atoms with Crippen molar-refractivity contribution < 1.29 is 4.79 Å². The van der Waals surface area contributed by atoms with Crippen LogP contribution in [0.1, 0.15) is 47.0 Å². The van der Waals surface area contributed by atoms with Gasteiger partial charge in [-0.3, -0.25) is 4.79 Å². The number of carbonyl (C=O) groups is 1. The van der Waals surface area contributed by atoms with Gasteiger partial charge in [-0.1, -0.05) is 46.3 Å². The molecule has 0 aromatic rings. The van der Waals surface area contributed by atoms with Crippen molar-refractivity contribution in [3.63, 3.8) is 0 Å². The molecule has 18 heavy (non-hydrogen) atoms. The smallest absolute Gasteiger partial charge is 0.232 e. The lowest BCUT2D eigenvalue weighted by atomic mass is 9.80. The van der Waals surface area contributed by atoms with Crippen LogP contribution < -0.4 is 5.73 Å². The summed E-state index contributed by atoms with van der Waals surface area (Å²) in [4.78, 5) is 14.7. The Balaban J connectivity index is 2.66. The zero-order chi connectivity index (χ0) is 13.9. The summed E-state index contributed by atoms with van der Waals surface area (Å²) in [5.41, 5.74) is 5.96. The third-order valence-electron chi connectivity index (χ3n) is 3.94. The van der Waals surface area contributed by atoms with E-state index in [1.54, 1.807) is 0 Å². The molecule has 1 heterocycles. The lowest BCUT2D eigenvalue weighted by Gasteiger charge is -2.28. The molecule has 1 aliphatic rings. The highest BCUT2D eigenvalue weighted by Crippen LogP contribution is 2.34. The molecule has 2 N–H and O–H groups in total. The summed E-state index contributed by atoms with van der Waals surface area (Å²) in [7, 11) is 0. The number of thiocarbonyl (C=S) groups is 1. The molecule has 0 aliphatic carbocycles. The largest absolute Gasteiger partial charge is 0.393 e. The maximum absolute atomic E-state index is 12.4. The summed E-state index contributed by atoms with van der Waals surface area (Å²) in [6, 6.07) is 0. The Bertz CT molecular complexity index is 322. The van der Waals surface area contributed by atoms with Gasteiger partial charge in [0.2, 0.25) is 5.91 Å². The number of amides is 1. The average molecular weight is 270 g/mol. The number of nitrogens with zero attached hydrogens (tertiary/aromatic N) is 1. The number of nitrogens with two attached hydrogens (primary N) is 1. The lowest BCUT2D eigenvalue weighted by Crippen LogP contribution is -2.40. The van der Waals surface area contributed by atoms with Crippen LogP contribution in [0, 0.1) is 17.3 Å². The minimum atomic E-state index is -0.260. The maximum Gasteiger partial charge on any atom is 0.232 e. The van der Waals surface area contributed by atoms with E-state index < -0.39 is 0 Å². The first-order chi connectivity index (χ1) is 8.27. The summed E-state index contributed by atoms with van der Waals surface area (Å²) in [6.45, 7) is 10.5. The molecule has 0 spiro atoms. The van der Waals surface area contributed by atoms with Gasteiger partial charge < -0.3 is 10.6 Å². The van der Waals surface area contributed by atoms with E-state index in [-0.39, 0.29) is 17.2 Å². The van der Waals surface area contributed by atoms with Crippen molar-refractivity contribution in [3.05, 3.63) is 0 Å². The van der Waals surface area contributed by atoms with E-state index in [1.807, 2.05) is 4.90 Å². The van der Waals surface area contributed by atoms with Crippen LogP contribution in [0.2, 0.25) is 0 Å². The second-order valence-electron chi connectivity index (χ2n) is 6.38. The minimum absolute atomic E-state index is 0.135. The van der Waals surface area contributed by atoms with Crippen molar-refractivity contribution in [1.82, 2.24) is 4.90 Å². The summed E-state index contributed by atoms with van der Waals surface area (Å²) in [5.74, 6) is 0.454. The molecule has 2 atom stereocenters. The van der Waals surface area contributed by atoms with Gasteiger partial charge >= 0.3 is 0 Å². The average Bonchev–Trinajstić information content (AvgIpc) is 2.73. The first kappa shape index (κ1) is 15.4. The van der Waals surface area contributed by atoms with Gasteiger partial charge in [-0.2, -0.15) is 0 Å². The van der Waals surface area contributed by atoms with Gasteiger partial charge in [-0.05, 0) is 24.2 Å². The zero-order valence-corrected chi connectivity index (χ0v) is 12.8. The topological polar surface area (TPSA) is 46.3 Å². The Morgan fingerprint density at radius 3 is 2.50 bits per heavy atom. The van der Waals surface area contributed by atoms with E-state index >= 15 is 0 Å². The van der Waals surface area contributed by atoms with Gasteiger partial charge in [0.15, 0.2) is 0 Å². The second kappa shape index (κ2) is 6.00. The molecule has 0 aromatic carbocycles. The molecule has 1 rings (SSSR count). The van der Waals surface area contributed by atoms with Crippen molar-refractivity contribution >= 4 is 23.1 Å². The quantitative estimate of drug-likeness (QED) is 0.799. The third-order valence-corrected chi connectivity index (χ3v) is 4.23. The van der Waals surface area contributed by atoms with Gasteiger partial charge in [0.05, 0.1) is 10.9 Å². The van der Waals surface area contributed by atoms with Gasteiger partial charge in [0.25, 0.3) is 0 Å². The number of hydrogen-bond donors (Lipinski definition) is 1. The summed E-state index contributed by atoms with van der Waals surface area (Å²) >= 11 is 5.03. The monoisotopic (exact) mass is 270 g/mol. The predicted octanol–water partition coefficient (Wildman–Crippen LogP) is 2.58. The van der Waals surface area contributed by atoms with Crippen LogP contribution in [0.15, 0.2) is 0 Å². The molecule has 0 bridgehead atoms. The van der Waals surface area contributed by atoms with Gasteiger partial charge in [0, 0.05) is 13.1 Å². The van der Waals surface area contributed by atoms with Crippen LogP contribution in [0.5, 0.6) is 0 Å². The Morgan fingerprint density at radius 1 is 1.50 bits per heavy atom. The summed E-state index contributed by atoms with van der Waals surface area (Å²) in [6.07, 6.45) is 2.79. The minimum Gasteiger partial charge on any atom is -0.393 e. The van der Waals surface area contributed by atoms with E-state index in [9.17, 15) is 4.79 Å². The molecule has 1 fully saturated rings. The van der Waals surface area contributed by atoms with E-state index in [2.05, 4.69) is 27.7 Å². The van der Waals surface area contributed by atoms with Crippen molar-refractivity contribution in [2.24, 2.45) is 23.0 Å². The van der Waals surface area contributed by atoms with Crippen molar-refractivity contribution in [1.29, 1.82) is 0 Å². The second-order valence-corrected chi connectivity index (χ2v) is 6.85. The fraction of sp³-hybridized carbons (Fsp3) is 0.857. The Hall–Kier alpha value is -0.640. The number of hydrogen-bond acceptors (Lipinski definition) is 2. The Labute approximate surface area is 116 Å². The Kier molecular flexibility index (Phi) is 5.14. The van der Waals surface area contributed by atoms with Crippen LogP contribution in [-0.2, 0) is 4.79 Å². The molecule has 1 amide bonds. The third kappa shape index (κ3) is 3.67. The molecule has 1 aliphatic heterocycles. The molecule has 0 radical (unpaired) electrons.